The molecule has 0 saturated carbocycles. The van der Waals surface area contributed by atoms with E-state index in [1.165, 1.54) is 76.7 Å². The maximum absolute atomic E-state index is 3.81. The molecule has 1 heterocycles. The highest BCUT2D eigenvalue weighted by Gasteiger charge is 2.47. The standard InChI is InChI=1S/C39H25N/c1-3-13-25(14-4-1)39(26-15-5-2-6-16-26)33-21-11-9-20-31(33)35-32-24-23-30-27-17-10-12-22-34(27)40-38(30)36(32)28-18-7-8-19-29(28)37(35)39/h1-24,40H. The van der Waals surface area contributed by atoms with Crippen molar-refractivity contribution in [2.45, 2.75) is 5.41 Å². The van der Waals surface area contributed by atoms with E-state index in [2.05, 4.69) is 151 Å². The number of aromatic nitrogens is 1. The van der Waals surface area contributed by atoms with E-state index in [4.69, 9.17) is 0 Å². The lowest BCUT2D eigenvalue weighted by molar-refractivity contribution is 0.776. The molecule has 0 bridgehead atoms. The molecule has 0 spiro atoms. The molecule has 0 unspecified atom stereocenters. The molecule has 0 fully saturated rings. The van der Waals surface area contributed by atoms with Gasteiger partial charge in [-0.05, 0) is 55.6 Å². The first-order valence-corrected chi connectivity index (χ1v) is 14.0. The first-order chi connectivity index (χ1) is 19.9. The second-order valence-electron chi connectivity index (χ2n) is 10.9. The molecule has 0 atom stereocenters. The molecular formula is C39H25N. The maximum atomic E-state index is 3.81. The van der Waals surface area contributed by atoms with E-state index in [1.807, 2.05) is 0 Å². The SMILES string of the molecule is c1ccc(C2(c3ccccc3)c3ccccc3-c3c2c2ccccc2c2c3ccc3c4ccccc4[nH]c32)cc1. The van der Waals surface area contributed by atoms with Gasteiger partial charge in [0.1, 0.15) is 0 Å². The minimum absolute atomic E-state index is 0.433. The zero-order chi connectivity index (χ0) is 26.3. The Balaban J connectivity index is 1.58. The van der Waals surface area contributed by atoms with Crippen LogP contribution in [0.1, 0.15) is 22.3 Å². The van der Waals surface area contributed by atoms with Gasteiger partial charge < -0.3 is 4.98 Å². The Hall–Kier alpha value is -5.14. The fourth-order valence-electron chi connectivity index (χ4n) is 7.57. The number of aromatic amines is 1. The van der Waals surface area contributed by atoms with Gasteiger partial charge in [0.25, 0.3) is 0 Å². The van der Waals surface area contributed by atoms with Gasteiger partial charge in [0.05, 0.1) is 10.9 Å². The summed E-state index contributed by atoms with van der Waals surface area (Å²) < 4.78 is 0. The predicted molar refractivity (Wildman–Crippen MR) is 168 cm³/mol. The summed E-state index contributed by atoms with van der Waals surface area (Å²) in [4.78, 5) is 3.81. The first kappa shape index (κ1) is 21.8. The highest BCUT2D eigenvalue weighted by molar-refractivity contribution is 6.29. The van der Waals surface area contributed by atoms with Gasteiger partial charge in [-0.25, -0.2) is 0 Å². The Morgan fingerprint density at radius 2 is 1.00 bits per heavy atom. The largest absolute Gasteiger partial charge is 0.354 e. The molecule has 9 rings (SSSR count). The van der Waals surface area contributed by atoms with Crippen molar-refractivity contribution in [3.8, 4) is 11.1 Å². The predicted octanol–water partition coefficient (Wildman–Crippen LogP) is 9.99. The van der Waals surface area contributed by atoms with Gasteiger partial charge in [0.15, 0.2) is 0 Å². The van der Waals surface area contributed by atoms with Crippen LogP contribution in [0.3, 0.4) is 0 Å². The number of nitrogens with one attached hydrogen (secondary N) is 1. The highest BCUT2D eigenvalue weighted by Crippen LogP contribution is 2.60. The Morgan fingerprint density at radius 1 is 0.425 bits per heavy atom. The lowest BCUT2D eigenvalue weighted by atomic mass is 9.66. The third-order valence-electron chi connectivity index (χ3n) is 9.06. The van der Waals surface area contributed by atoms with Crippen LogP contribution in [-0.4, -0.2) is 4.98 Å². The number of rotatable bonds is 2. The topological polar surface area (TPSA) is 15.8 Å². The van der Waals surface area contributed by atoms with E-state index >= 15 is 0 Å². The summed E-state index contributed by atoms with van der Waals surface area (Å²) in [7, 11) is 0. The van der Waals surface area contributed by atoms with Gasteiger partial charge in [0, 0.05) is 21.7 Å². The average molecular weight is 508 g/mol. The Labute approximate surface area is 232 Å². The number of H-pyrrole nitrogens is 1. The first-order valence-electron chi connectivity index (χ1n) is 14.0. The van der Waals surface area contributed by atoms with E-state index in [1.54, 1.807) is 0 Å². The Bertz CT molecular complexity index is 2220. The van der Waals surface area contributed by atoms with Gasteiger partial charge in [-0.1, -0.05) is 140 Å². The van der Waals surface area contributed by atoms with Gasteiger partial charge in [-0.15, -0.1) is 0 Å². The van der Waals surface area contributed by atoms with Crippen molar-refractivity contribution in [1.29, 1.82) is 0 Å². The molecule has 1 N–H and O–H groups in total. The van der Waals surface area contributed by atoms with E-state index in [0.717, 1.165) is 0 Å². The summed E-state index contributed by atoms with van der Waals surface area (Å²) in [5, 5.41) is 7.74. The molecule has 0 aliphatic heterocycles. The lowest BCUT2D eigenvalue weighted by Crippen LogP contribution is -2.28. The third-order valence-corrected chi connectivity index (χ3v) is 9.06. The number of benzene rings is 7. The minimum atomic E-state index is -0.433. The molecule has 7 aromatic carbocycles. The van der Waals surface area contributed by atoms with E-state index in [9.17, 15) is 0 Å². The number of para-hydroxylation sites is 1. The van der Waals surface area contributed by atoms with Crippen LogP contribution < -0.4 is 0 Å². The van der Waals surface area contributed by atoms with E-state index < -0.39 is 5.41 Å². The number of hydrogen-bond acceptors (Lipinski definition) is 0. The highest BCUT2D eigenvalue weighted by atomic mass is 14.7. The van der Waals surface area contributed by atoms with Crippen LogP contribution in [0.2, 0.25) is 0 Å². The quantitative estimate of drug-likeness (QED) is 0.224. The summed E-state index contributed by atoms with van der Waals surface area (Å²) in [6.45, 7) is 0. The molecule has 0 radical (unpaired) electrons. The summed E-state index contributed by atoms with van der Waals surface area (Å²) in [5.74, 6) is 0. The summed E-state index contributed by atoms with van der Waals surface area (Å²) in [6, 6.07) is 53.6. The Kier molecular flexibility index (Phi) is 4.32. The van der Waals surface area contributed by atoms with Crippen molar-refractivity contribution >= 4 is 43.4 Å². The normalized spacial score (nSPS) is 13.7. The van der Waals surface area contributed by atoms with Crippen LogP contribution in [0.25, 0.3) is 54.5 Å². The molecule has 40 heavy (non-hydrogen) atoms. The van der Waals surface area contributed by atoms with Gasteiger partial charge in [-0.3, -0.25) is 0 Å². The second-order valence-corrected chi connectivity index (χ2v) is 10.9. The summed E-state index contributed by atoms with van der Waals surface area (Å²) in [5.41, 5.74) is 9.94. The zero-order valence-electron chi connectivity index (χ0n) is 21.9. The van der Waals surface area contributed by atoms with Crippen LogP contribution in [-0.2, 0) is 5.41 Å². The second kappa shape index (κ2) is 7.94. The summed E-state index contributed by atoms with van der Waals surface area (Å²) >= 11 is 0. The van der Waals surface area contributed by atoms with Crippen LogP contribution in [0.5, 0.6) is 0 Å². The molecule has 0 amide bonds. The van der Waals surface area contributed by atoms with Crippen molar-refractivity contribution in [1.82, 2.24) is 4.98 Å². The van der Waals surface area contributed by atoms with Gasteiger partial charge in [0.2, 0.25) is 0 Å². The minimum Gasteiger partial charge on any atom is -0.354 e. The lowest BCUT2D eigenvalue weighted by Gasteiger charge is -2.35. The van der Waals surface area contributed by atoms with Crippen molar-refractivity contribution in [3.63, 3.8) is 0 Å². The smallest absolute Gasteiger partial charge is 0.0719 e. The fourth-order valence-corrected chi connectivity index (χ4v) is 7.57. The van der Waals surface area contributed by atoms with Gasteiger partial charge >= 0.3 is 0 Å². The average Bonchev–Trinajstić information content (AvgIpc) is 3.56. The zero-order valence-corrected chi connectivity index (χ0v) is 21.9. The van der Waals surface area contributed by atoms with Crippen LogP contribution >= 0.6 is 0 Å². The molecule has 1 aliphatic carbocycles. The number of hydrogen-bond donors (Lipinski definition) is 1. The van der Waals surface area contributed by atoms with E-state index in [-0.39, 0.29) is 0 Å². The molecular weight excluding hydrogens is 482 g/mol. The van der Waals surface area contributed by atoms with Crippen molar-refractivity contribution in [3.05, 3.63) is 168 Å². The van der Waals surface area contributed by atoms with Crippen molar-refractivity contribution in [2.75, 3.05) is 0 Å². The van der Waals surface area contributed by atoms with Crippen LogP contribution in [0.4, 0.5) is 0 Å². The molecule has 1 aliphatic rings. The third kappa shape index (κ3) is 2.62. The monoisotopic (exact) mass is 507 g/mol. The van der Waals surface area contributed by atoms with Crippen molar-refractivity contribution < 1.29 is 0 Å². The van der Waals surface area contributed by atoms with Crippen molar-refractivity contribution in [2.24, 2.45) is 0 Å². The summed E-state index contributed by atoms with van der Waals surface area (Å²) in [6.07, 6.45) is 0. The molecule has 1 nitrogen and oxygen atoms in total. The van der Waals surface area contributed by atoms with Gasteiger partial charge in [-0.2, -0.15) is 0 Å². The number of fused-ring (bicyclic) bond motifs is 12. The maximum Gasteiger partial charge on any atom is 0.0719 e. The van der Waals surface area contributed by atoms with Crippen LogP contribution in [0, 0.1) is 0 Å². The molecule has 8 aromatic rings. The molecule has 0 saturated heterocycles. The molecule has 1 aromatic heterocycles. The fraction of sp³-hybridized carbons (Fsp3) is 0.0256. The Morgan fingerprint density at radius 3 is 1.75 bits per heavy atom. The molecule has 186 valence electrons. The van der Waals surface area contributed by atoms with E-state index in [0.29, 0.717) is 0 Å². The molecule has 1 heteroatoms. The van der Waals surface area contributed by atoms with Crippen LogP contribution in [0.15, 0.2) is 146 Å².